The fourth-order valence-electron chi connectivity index (χ4n) is 1.66. The quantitative estimate of drug-likeness (QED) is 0.880. The molecule has 0 saturated carbocycles. The Morgan fingerprint density at radius 3 is 2.50 bits per heavy atom. The van der Waals surface area contributed by atoms with Gasteiger partial charge >= 0.3 is 0 Å². The van der Waals surface area contributed by atoms with E-state index in [1.807, 2.05) is 14.0 Å². The Morgan fingerprint density at radius 2 is 2.00 bits per heavy atom. The van der Waals surface area contributed by atoms with Crippen LogP contribution in [0.5, 0.6) is 0 Å². The van der Waals surface area contributed by atoms with Gasteiger partial charge in [0.25, 0.3) is 0 Å². The number of anilines is 1. The van der Waals surface area contributed by atoms with Crippen molar-refractivity contribution < 1.29 is 4.21 Å². The first-order chi connectivity index (χ1) is 8.49. The Kier molecular flexibility index (Phi) is 3.87. The molecule has 96 valence electrons. The van der Waals surface area contributed by atoms with Crippen LogP contribution in [0, 0.1) is 6.92 Å². The van der Waals surface area contributed by atoms with E-state index in [1.165, 1.54) is 0 Å². The summed E-state index contributed by atoms with van der Waals surface area (Å²) in [7, 11) is 0.758. The molecule has 2 aromatic rings. The predicted molar refractivity (Wildman–Crippen MR) is 76.6 cm³/mol. The fourth-order valence-corrected chi connectivity index (χ4v) is 3.51. The summed E-state index contributed by atoms with van der Waals surface area (Å²) >= 11 is 3.48. The van der Waals surface area contributed by atoms with Crippen LogP contribution in [0.1, 0.15) is 11.4 Å². The highest BCUT2D eigenvalue weighted by Gasteiger charge is 2.14. The Hall–Kier alpha value is -1.14. The largest absolute Gasteiger partial charge is 0.399 e. The van der Waals surface area contributed by atoms with Gasteiger partial charge in [0.05, 0.1) is 32.4 Å². The number of nitrogens with two attached hydrogens (primary N) is 1. The van der Waals surface area contributed by atoms with Gasteiger partial charge in [0.15, 0.2) is 0 Å². The second kappa shape index (κ2) is 5.24. The first-order valence-electron chi connectivity index (χ1n) is 5.41. The lowest BCUT2D eigenvalue weighted by atomic mass is 10.3. The Bertz CT molecular complexity index is 592. The maximum atomic E-state index is 12.2. The van der Waals surface area contributed by atoms with Crippen molar-refractivity contribution in [1.82, 2.24) is 9.78 Å². The minimum absolute atomic E-state index is 0.432. The molecular weight excluding hydrogens is 314 g/mol. The average Bonchev–Trinajstić information content (AvgIpc) is 2.57. The molecule has 0 amide bonds. The van der Waals surface area contributed by atoms with Gasteiger partial charge in [-0.2, -0.15) is 5.10 Å². The smallest absolute Gasteiger partial charge is 0.0738 e. The van der Waals surface area contributed by atoms with Crippen LogP contribution < -0.4 is 5.73 Å². The molecular formula is C12H14BrN3OS. The van der Waals surface area contributed by atoms with E-state index in [4.69, 9.17) is 5.73 Å². The SMILES string of the molecule is Cc1nn(C)c(CS(=O)c2ccc(N)cc2)c1Br. The molecule has 18 heavy (non-hydrogen) atoms. The molecule has 0 fully saturated rings. The summed E-state index contributed by atoms with van der Waals surface area (Å²) in [5.74, 6) is 0.432. The van der Waals surface area contributed by atoms with Crippen molar-refractivity contribution in [1.29, 1.82) is 0 Å². The molecule has 2 rings (SSSR count). The van der Waals surface area contributed by atoms with Crippen LogP contribution in [0.2, 0.25) is 0 Å². The molecule has 1 atom stereocenters. The molecule has 0 aliphatic carbocycles. The molecule has 6 heteroatoms. The van der Waals surface area contributed by atoms with Crippen molar-refractivity contribution >= 4 is 32.4 Å². The topological polar surface area (TPSA) is 60.9 Å². The van der Waals surface area contributed by atoms with Gasteiger partial charge in [-0.3, -0.25) is 8.89 Å². The van der Waals surface area contributed by atoms with Crippen molar-refractivity contribution in [2.75, 3.05) is 5.73 Å². The Balaban J connectivity index is 2.24. The highest BCUT2D eigenvalue weighted by atomic mass is 79.9. The highest BCUT2D eigenvalue weighted by Crippen LogP contribution is 2.23. The lowest BCUT2D eigenvalue weighted by molar-refractivity contribution is 0.676. The molecule has 1 aromatic carbocycles. The van der Waals surface area contributed by atoms with E-state index in [0.717, 1.165) is 20.8 Å². The minimum atomic E-state index is -1.10. The summed E-state index contributed by atoms with van der Waals surface area (Å²) in [5.41, 5.74) is 8.12. The van der Waals surface area contributed by atoms with Crippen LogP contribution in [0.15, 0.2) is 33.6 Å². The van der Waals surface area contributed by atoms with Crippen LogP contribution in [-0.4, -0.2) is 14.0 Å². The zero-order chi connectivity index (χ0) is 13.3. The number of benzene rings is 1. The number of aryl methyl sites for hydroxylation is 2. The summed E-state index contributed by atoms with van der Waals surface area (Å²) < 4.78 is 14.9. The molecule has 1 heterocycles. The van der Waals surface area contributed by atoms with Crippen LogP contribution in [0.25, 0.3) is 0 Å². The second-order valence-electron chi connectivity index (χ2n) is 4.03. The van der Waals surface area contributed by atoms with E-state index in [2.05, 4.69) is 21.0 Å². The Morgan fingerprint density at radius 1 is 1.39 bits per heavy atom. The Labute approximate surface area is 117 Å². The molecule has 0 aliphatic heterocycles. The van der Waals surface area contributed by atoms with E-state index in [-0.39, 0.29) is 0 Å². The van der Waals surface area contributed by atoms with Gasteiger partial charge in [-0.05, 0) is 47.1 Å². The van der Waals surface area contributed by atoms with E-state index < -0.39 is 10.8 Å². The van der Waals surface area contributed by atoms with Crippen LogP contribution in [0.3, 0.4) is 0 Å². The third kappa shape index (κ3) is 2.64. The molecule has 0 saturated heterocycles. The summed E-state index contributed by atoms with van der Waals surface area (Å²) in [6, 6.07) is 7.11. The van der Waals surface area contributed by atoms with Crippen LogP contribution in [0.4, 0.5) is 5.69 Å². The first-order valence-corrected chi connectivity index (χ1v) is 7.52. The summed E-state index contributed by atoms with van der Waals surface area (Å²) in [6.07, 6.45) is 0. The van der Waals surface area contributed by atoms with Crippen molar-refractivity contribution in [3.63, 3.8) is 0 Å². The number of hydrogen-bond donors (Lipinski definition) is 1. The van der Waals surface area contributed by atoms with Gasteiger partial charge in [-0.15, -0.1) is 0 Å². The number of aromatic nitrogens is 2. The van der Waals surface area contributed by atoms with Gasteiger partial charge < -0.3 is 5.73 Å². The minimum Gasteiger partial charge on any atom is -0.399 e. The zero-order valence-corrected chi connectivity index (χ0v) is 12.6. The van der Waals surface area contributed by atoms with Gasteiger partial charge in [0.1, 0.15) is 0 Å². The molecule has 0 radical (unpaired) electrons. The number of halogens is 1. The monoisotopic (exact) mass is 327 g/mol. The molecule has 0 bridgehead atoms. The third-order valence-corrected chi connectivity index (χ3v) is 5.04. The van der Waals surface area contributed by atoms with Crippen molar-refractivity contribution in [2.24, 2.45) is 7.05 Å². The standard InChI is InChI=1S/C12H14BrN3OS/c1-8-12(13)11(16(2)15-8)7-18(17)10-5-3-9(14)4-6-10/h3-6H,7,14H2,1-2H3. The molecule has 1 unspecified atom stereocenters. The second-order valence-corrected chi connectivity index (χ2v) is 6.27. The highest BCUT2D eigenvalue weighted by molar-refractivity contribution is 9.10. The van der Waals surface area contributed by atoms with E-state index >= 15 is 0 Å². The summed E-state index contributed by atoms with van der Waals surface area (Å²) in [5, 5.41) is 4.29. The van der Waals surface area contributed by atoms with Gasteiger partial charge in [0, 0.05) is 17.6 Å². The van der Waals surface area contributed by atoms with Crippen molar-refractivity contribution in [3.05, 3.63) is 40.1 Å². The van der Waals surface area contributed by atoms with Crippen molar-refractivity contribution in [3.8, 4) is 0 Å². The van der Waals surface area contributed by atoms with E-state index in [1.54, 1.807) is 28.9 Å². The fraction of sp³-hybridized carbons (Fsp3) is 0.250. The lowest BCUT2D eigenvalue weighted by Gasteiger charge is -2.04. The van der Waals surface area contributed by atoms with Crippen LogP contribution >= 0.6 is 15.9 Å². The van der Waals surface area contributed by atoms with E-state index in [0.29, 0.717) is 11.4 Å². The molecule has 0 spiro atoms. The summed E-state index contributed by atoms with van der Waals surface area (Å²) in [4.78, 5) is 0.773. The molecule has 4 nitrogen and oxygen atoms in total. The first kappa shape index (κ1) is 13.3. The maximum Gasteiger partial charge on any atom is 0.0738 e. The number of rotatable bonds is 3. The zero-order valence-electron chi connectivity index (χ0n) is 10.2. The predicted octanol–water partition coefficient (Wildman–Crippen LogP) is 2.38. The number of nitrogen functional groups attached to an aromatic ring is 1. The summed E-state index contributed by atoms with van der Waals surface area (Å²) in [6.45, 7) is 1.92. The normalized spacial score (nSPS) is 12.6. The van der Waals surface area contributed by atoms with Crippen molar-refractivity contribution in [2.45, 2.75) is 17.6 Å². The molecule has 2 N–H and O–H groups in total. The molecule has 1 aromatic heterocycles. The average molecular weight is 328 g/mol. The van der Waals surface area contributed by atoms with Crippen LogP contribution in [-0.2, 0) is 23.6 Å². The van der Waals surface area contributed by atoms with E-state index in [9.17, 15) is 4.21 Å². The number of hydrogen-bond acceptors (Lipinski definition) is 3. The molecule has 0 aliphatic rings. The van der Waals surface area contributed by atoms with Gasteiger partial charge in [0.2, 0.25) is 0 Å². The van der Waals surface area contributed by atoms with Gasteiger partial charge in [-0.25, -0.2) is 0 Å². The third-order valence-electron chi connectivity index (χ3n) is 2.67. The van der Waals surface area contributed by atoms with Gasteiger partial charge in [-0.1, -0.05) is 0 Å². The maximum absolute atomic E-state index is 12.2. The number of nitrogens with zero attached hydrogens (tertiary/aromatic N) is 2. The lowest BCUT2D eigenvalue weighted by Crippen LogP contribution is -2.03.